The molecule has 1 saturated heterocycles. The molecule has 6 nitrogen and oxygen atoms in total. The van der Waals surface area contributed by atoms with E-state index in [-0.39, 0.29) is 5.91 Å². The highest BCUT2D eigenvalue weighted by Crippen LogP contribution is 2.17. The first-order chi connectivity index (χ1) is 10.6. The van der Waals surface area contributed by atoms with Crippen molar-refractivity contribution in [3.8, 4) is 0 Å². The monoisotopic (exact) mass is 307 g/mol. The van der Waals surface area contributed by atoms with Gasteiger partial charge in [-0.15, -0.1) is 0 Å². The molecule has 124 valence electrons. The van der Waals surface area contributed by atoms with Crippen LogP contribution in [0.3, 0.4) is 0 Å². The van der Waals surface area contributed by atoms with Gasteiger partial charge in [0.1, 0.15) is 5.82 Å². The number of hydrogen-bond donors (Lipinski definition) is 1. The van der Waals surface area contributed by atoms with Crippen molar-refractivity contribution in [2.75, 3.05) is 45.6 Å². The lowest BCUT2D eigenvalue weighted by Gasteiger charge is -2.32. The summed E-state index contributed by atoms with van der Waals surface area (Å²) >= 11 is 0. The summed E-state index contributed by atoms with van der Waals surface area (Å²) < 4.78 is 1.85. The van der Waals surface area contributed by atoms with Gasteiger partial charge >= 0.3 is 0 Å². The molecule has 0 bridgehead atoms. The fourth-order valence-electron chi connectivity index (χ4n) is 3.06. The Balaban J connectivity index is 1.75. The summed E-state index contributed by atoms with van der Waals surface area (Å²) in [7, 11) is 4.25. The van der Waals surface area contributed by atoms with Gasteiger partial charge in [0.15, 0.2) is 0 Å². The fourth-order valence-corrected chi connectivity index (χ4v) is 3.06. The molecule has 0 saturated carbocycles. The van der Waals surface area contributed by atoms with Gasteiger partial charge in [0, 0.05) is 19.2 Å². The van der Waals surface area contributed by atoms with E-state index in [1.54, 1.807) is 6.20 Å². The van der Waals surface area contributed by atoms with E-state index in [2.05, 4.69) is 41.2 Å². The molecule has 0 atom stereocenters. The number of aromatic nitrogens is 2. The van der Waals surface area contributed by atoms with Crippen molar-refractivity contribution in [3.05, 3.63) is 12.3 Å². The summed E-state index contributed by atoms with van der Waals surface area (Å²) in [6.07, 6.45) is 5.10. The number of nitrogens with zero attached hydrogens (tertiary/aromatic N) is 4. The third kappa shape index (κ3) is 5.10. The molecule has 2 heterocycles. The van der Waals surface area contributed by atoms with Crippen molar-refractivity contribution in [3.63, 3.8) is 0 Å². The average molecular weight is 307 g/mol. The maximum absolute atomic E-state index is 12.2. The number of hydrogen-bond acceptors (Lipinski definition) is 4. The van der Waals surface area contributed by atoms with E-state index in [1.807, 2.05) is 10.7 Å². The van der Waals surface area contributed by atoms with Gasteiger partial charge in [0.2, 0.25) is 5.91 Å². The molecule has 1 N–H and O–H groups in total. The van der Waals surface area contributed by atoms with Crippen LogP contribution in [0.25, 0.3) is 0 Å². The van der Waals surface area contributed by atoms with Gasteiger partial charge in [0.05, 0.1) is 12.7 Å². The van der Waals surface area contributed by atoms with E-state index < -0.39 is 0 Å². The molecule has 1 aromatic heterocycles. The lowest BCUT2D eigenvalue weighted by Crippen LogP contribution is -2.41. The zero-order valence-electron chi connectivity index (χ0n) is 14.1. The summed E-state index contributed by atoms with van der Waals surface area (Å²) in [6, 6.07) is 1.86. The van der Waals surface area contributed by atoms with Crippen LogP contribution in [0.5, 0.6) is 0 Å². The Labute approximate surface area is 133 Å². The quantitative estimate of drug-likeness (QED) is 0.829. The Morgan fingerprint density at radius 3 is 2.77 bits per heavy atom. The molecule has 0 radical (unpaired) electrons. The van der Waals surface area contributed by atoms with Gasteiger partial charge < -0.3 is 10.2 Å². The minimum absolute atomic E-state index is 0.0592. The molecule has 1 aliphatic rings. The molecular weight excluding hydrogens is 278 g/mol. The minimum atomic E-state index is 0.0592. The van der Waals surface area contributed by atoms with Crippen LogP contribution in [0.1, 0.15) is 26.2 Å². The first-order valence-electron chi connectivity index (χ1n) is 8.27. The first kappa shape index (κ1) is 17.0. The fraction of sp³-hybridized carbons (Fsp3) is 0.750. The van der Waals surface area contributed by atoms with Crippen LogP contribution in [0.4, 0.5) is 5.82 Å². The molecule has 1 fully saturated rings. The van der Waals surface area contributed by atoms with Gasteiger partial charge in [-0.3, -0.25) is 9.69 Å². The Morgan fingerprint density at radius 1 is 1.41 bits per heavy atom. The summed E-state index contributed by atoms with van der Waals surface area (Å²) in [5, 5.41) is 7.20. The zero-order valence-corrected chi connectivity index (χ0v) is 14.1. The van der Waals surface area contributed by atoms with Crippen LogP contribution in [0, 0.1) is 5.92 Å². The van der Waals surface area contributed by atoms with Crippen molar-refractivity contribution >= 4 is 11.7 Å². The number of amides is 1. The molecule has 1 amide bonds. The van der Waals surface area contributed by atoms with E-state index in [4.69, 9.17) is 0 Å². The molecule has 6 heteroatoms. The highest BCUT2D eigenvalue weighted by atomic mass is 16.2. The van der Waals surface area contributed by atoms with Crippen LogP contribution in [0.15, 0.2) is 12.3 Å². The molecular formula is C16H29N5O. The molecule has 0 aromatic carbocycles. The number of anilines is 1. The predicted molar refractivity (Wildman–Crippen MR) is 88.9 cm³/mol. The Kier molecular flexibility index (Phi) is 6.39. The molecule has 0 unspecified atom stereocenters. The van der Waals surface area contributed by atoms with Crippen LogP contribution < -0.4 is 5.32 Å². The third-order valence-corrected chi connectivity index (χ3v) is 4.12. The van der Waals surface area contributed by atoms with E-state index in [0.29, 0.717) is 6.54 Å². The third-order valence-electron chi connectivity index (χ3n) is 4.12. The normalized spacial score (nSPS) is 17.1. The average Bonchev–Trinajstić information content (AvgIpc) is 2.88. The number of rotatable bonds is 7. The van der Waals surface area contributed by atoms with E-state index >= 15 is 0 Å². The van der Waals surface area contributed by atoms with Crippen LogP contribution in [-0.4, -0.2) is 65.8 Å². The molecule has 0 spiro atoms. The smallest absolute Gasteiger partial charge is 0.239 e. The maximum atomic E-state index is 12.2. The Hall–Kier alpha value is -1.40. The van der Waals surface area contributed by atoms with Crippen molar-refractivity contribution < 1.29 is 4.79 Å². The number of aryl methyl sites for hydroxylation is 1. The SMILES string of the molecule is CCCn1nccc1NC(=O)CN1CCC(CN(C)C)CC1. The van der Waals surface area contributed by atoms with E-state index in [9.17, 15) is 4.79 Å². The standard InChI is InChI=1S/C16H29N5O/c1-4-9-21-15(5-8-17-21)18-16(22)13-20-10-6-14(7-11-20)12-19(2)3/h5,8,14H,4,6-7,9-13H2,1-3H3,(H,18,22). The van der Waals surface area contributed by atoms with Gasteiger partial charge in [-0.05, 0) is 52.4 Å². The second-order valence-corrected chi connectivity index (χ2v) is 6.47. The molecule has 1 aromatic rings. The zero-order chi connectivity index (χ0) is 15.9. The summed E-state index contributed by atoms with van der Waals surface area (Å²) in [4.78, 5) is 16.7. The topological polar surface area (TPSA) is 53.4 Å². The van der Waals surface area contributed by atoms with Crippen LogP contribution in [-0.2, 0) is 11.3 Å². The van der Waals surface area contributed by atoms with Gasteiger partial charge in [-0.2, -0.15) is 5.10 Å². The van der Waals surface area contributed by atoms with Crippen molar-refractivity contribution in [1.82, 2.24) is 19.6 Å². The lowest BCUT2D eigenvalue weighted by atomic mass is 9.96. The molecule has 0 aliphatic carbocycles. The summed E-state index contributed by atoms with van der Waals surface area (Å²) in [6.45, 7) is 6.59. The number of piperidine rings is 1. The number of carbonyl (C=O) groups is 1. The highest BCUT2D eigenvalue weighted by molar-refractivity contribution is 5.91. The second kappa shape index (κ2) is 8.29. The van der Waals surface area contributed by atoms with Crippen molar-refractivity contribution in [2.24, 2.45) is 5.92 Å². The summed E-state index contributed by atoms with van der Waals surface area (Å²) in [5.41, 5.74) is 0. The van der Waals surface area contributed by atoms with Crippen LogP contribution in [0.2, 0.25) is 0 Å². The maximum Gasteiger partial charge on any atom is 0.239 e. The Bertz CT molecular complexity index is 463. The van der Waals surface area contributed by atoms with E-state index in [0.717, 1.165) is 44.3 Å². The first-order valence-corrected chi connectivity index (χ1v) is 8.27. The molecule has 22 heavy (non-hydrogen) atoms. The predicted octanol–water partition coefficient (Wildman–Crippen LogP) is 1.51. The molecule has 2 rings (SSSR count). The number of likely N-dealkylation sites (tertiary alicyclic amines) is 1. The van der Waals surface area contributed by atoms with Crippen molar-refractivity contribution in [1.29, 1.82) is 0 Å². The lowest BCUT2D eigenvalue weighted by molar-refractivity contribution is -0.117. The van der Waals surface area contributed by atoms with Gasteiger partial charge in [-0.25, -0.2) is 4.68 Å². The Morgan fingerprint density at radius 2 is 2.14 bits per heavy atom. The van der Waals surface area contributed by atoms with Gasteiger partial charge in [-0.1, -0.05) is 6.92 Å². The molecule has 1 aliphatic heterocycles. The second-order valence-electron chi connectivity index (χ2n) is 6.47. The number of carbonyl (C=O) groups excluding carboxylic acids is 1. The largest absolute Gasteiger partial charge is 0.310 e. The van der Waals surface area contributed by atoms with Gasteiger partial charge in [0.25, 0.3) is 0 Å². The van der Waals surface area contributed by atoms with E-state index in [1.165, 1.54) is 12.8 Å². The minimum Gasteiger partial charge on any atom is -0.310 e. The van der Waals surface area contributed by atoms with Crippen molar-refractivity contribution in [2.45, 2.75) is 32.7 Å². The van der Waals surface area contributed by atoms with Crippen LogP contribution >= 0.6 is 0 Å². The highest BCUT2D eigenvalue weighted by Gasteiger charge is 2.21. The number of nitrogens with one attached hydrogen (secondary N) is 1. The summed E-state index contributed by atoms with van der Waals surface area (Å²) in [5.74, 6) is 1.62.